The van der Waals surface area contributed by atoms with Crippen molar-refractivity contribution in [3.05, 3.63) is 23.2 Å². The molecular weight excluding hydrogens is 196 g/mol. The van der Waals surface area contributed by atoms with Crippen molar-refractivity contribution in [2.45, 2.75) is 20.8 Å². The highest BCUT2D eigenvalue weighted by molar-refractivity contribution is 6.24. The number of Topliss-reactive ketones (excluding diaryl/α,β-unsaturated/α-hetero) is 1. The first-order chi connectivity index (χ1) is 6.82. The molecule has 0 spiro atoms. The Morgan fingerprint density at radius 2 is 2.00 bits per heavy atom. The summed E-state index contributed by atoms with van der Waals surface area (Å²) in [5, 5.41) is 9.86. The Morgan fingerprint density at radius 3 is 2.40 bits per heavy atom. The van der Waals surface area contributed by atoms with E-state index >= 15 is 0 Å². The third-order valence-corrected chi connectivity index (χ3v) is 2.53. The summed E-state index contributed by atoms with van der Waals surface area (Å²) in [4.78, 5) is 22.7. The number of aliphatic hydroxyl groups is 1. The molecule has 0 fully saturated rings. The van der Waals surface area contributed by atoms with Crippen LogP contribution in [0.3, 0.4) is 0 Å². The molecule has 0 radical (unpaired) electrons. The van der Waals surface area contributed by atoms with Gasteiger partial charge in [0.05, 0.1) is 12.5 Å². The van der Waals surface area contributed by atoms with Crippen LogP contribution >= 0.6 is 0 Å². The number of aliphatic hydroxyl groups excluding tert-OH is 1. The highest BCUT2D eigenvalue weighted by Crippen LogP contribution is 2.38. The first-order valence-corrected chi connectivity index (χ1v) is 4.57. The van der Waals surface area contributed by atoms with Gasteiger partial charge in [0.25, 0.3) is 0 Å². The SMILES string of the molecule is COC1=CC(=O)C(C(C)=O)=C(O)C1(C)C. The number of allylic oxidation sites excluding steroid dienone is 2. The molecule has 0 atom stereocenters. The van der Waals surface area contributed by atoms with Crippen LogP contribution in [0.25, 0.3) is 0 Å². The summed E-state index contributed by atoms with van der Waals surface area (Å²) >= 11 is 0. The van der Waals surface area contributed by atoms with E-state index in [1.807, 2.05) is 0 Å². The van der Waals surface area contributed by atoms with Gasteiger partial charge in [-0.2, -0.15) is 0 Å². The van der Waals surface area contributed by atoms with E-state index in [4.69, 9.17) is 4.74 Å². The minimum absolute atomic E-state index is 0.152. The fourth-order valence-electron chi connectivity index (χ4n) is 1.57. The Hall–Kier alpha value is -1.58. The highest BCUT2D eigenvalue weighted by Gasteiger charge is 2.39. The number of methoxy groups -OCH3 is 1. The third kappa shape index (κ3) is 1.67. The van der Waals surface area contributed by atoms with Crippen molar-refractivity contribution < 1.29 is 19.4 Å². The van der Waals surface area contributed by atoms with Crippen LogP contribution < -0.4 is 0 Å². The van der Waals surface area contributed by atoms with Crippen molar-refractivity contribution in [1.82, 2.24) is 0 Å². The van der Waals surface area contributed by atoms with E-state index in [-0.39, 0.29) is 11.3 Å². The zero-order valence-corrected chi connectivity index (χ0v) is 9.25. The van der Waals surface area contributed by atoms with Crippen LogP contribution in [0.2, 0.25) is 0 Å². The number of carbonyl (C=O) groups excluding carboxylic acids is 2. The second kappa shape index (κ2) is 3.53. The van der Waals surface area contributed by atoms with Gasteiger partial charge in [-0.15, -0.1) is 0 Å². The fraction of sp³-hybridized carbons (Fsp3) is 0.455. The smallest absolute Gasteiger partial charge is 0.196 e. The van der Waals surface area contributed by atoms with Crippen LogP contribution in [0.5, 0.6) is 0 Å². The summed E-state index contributed by atoms with van der Waals surface area (Å²) in [6.45, 7) is 4.63. The molecule has 0 unspecified atom stereocenters. The third-order valence-electron chi connectivity index (χ3n) is 2.53. The molecular formula is C11H14O4. The monoisotopic (exact) mass is 210 g/mol. The van der Waals surface area contributed by atoms with Crippen molar-refractivity contribution in [2.24, 2.45) is 5.41 Å². The van der Waals surface area contributed by atoms with Gasteiger partial charge in [-0.1, -0.05) is 0 Å². The molecule has 0 amide bonds. The number of ether oxygens (including phenoxy) is 1. The maximum atomic E-state index is 11.5. The molecule has 0 aromatic carbocycles. The Morgan fingerprint density at radius 1 is 1.47 bits per heavy atom. The molecule has 0 bridgehead atoms. The predicted molar refractivity (Wildman–Crippen MR) is 54.2 cm³/mol. The Labute approximate surface area is 88.2 Å². The lowest BCUT2D eigenvalue weighted by molar-refractivity contribution is -0.119. The predicted octanol–water partition coefficient (Wildman–Crippen LogP) is 1.53. The van der Waals surface area contributed by atoms with E-state index < -0.39 is 17.0 Å². The number of carbonyl (C=O) groups is 2. The van der Waals surface area contributed by atoms with Crippen molar-refractivity contribution >= 4 is 11.6 Å². The summed E-state index contributed by atoms with van der Waals surface area (Å²) in [6.07, 6.45) is 1.25. The molecule has 1 aliphatic rings. The summed E-state index contributed by atoms with van der Waals surface area (Å²) in [5.41, 5.74) is -0.982. The van der Waals surface area contributed by atoms with Crippen molar-refractivity contribution in [2.75, 3.05) is 7.11 Å². The molecule has 0 aromatic heterocycles. The number of ketones is 2. The average molecular weight is 210 g/mol. The molecule has 1 aliphatic carbocycles. The Balaban J connectivity index is 3.35. The van der Waals surface area contributed by atoms with Crippen LogP contribution in [0.1, 0.15) is 20.8 Å². The van der Waals surface area contributed by atoms with Gasteiger partial charge in [-0.25, -0.2) is 0 Å². The molecule has 82 valence electrons. The average Bonchev–Trinajstić information content (AvgIpc) is 2.11. The van der Waals surface area contributed by atoms with Gasteiger partial charge in [-0.05, 0) is 20.8 Å². The van der Waals surface area contributed by atoms with Crippen LogP contribution in [-0.4, -0.2) is 23.8 Å². The topological polar surface area (TPSA) is 63.6 Å². The van der Waals surface area contributed by atoms with Crippen LogP contribution in [0.4, 0.5) is 0 Å². The highest BCUT2D eigenvalue weighted by atomic mass is 16.5. The summed E-state index contributed by atoms with van der Waals surface area (Å²) in [5.74, 6) is -0.803. The van der Waals surface area contributed by atoms with E-state index in [0.29, 0.717) is 5.76 Å². The molecule has 0 saturated carbocycles. The standard InChI is InChI=1S/C11H14O4/c1-6(12)9-7(13)5-8(15-4)11(2,3)10(9)14/h5,14H,1-4H3. The summed E-state index contributed by atoms with van der Waals surface area (Å²) in [6, 6.07) is 0. The molecule has 0 aromatic rings. The minimum atomic E-state index is -0.830. The van der Waals surface area contributed by atoms with E-state index in [1.54, 1.807) is 13.8 Å². The quantitative estimate of drug-likeness (QED) is 0.702. The zero-order valence-electron chi connectivity index (χ0n) is 9.25. The summed E-state index contributed by atoms with van der Waals surface area (Å²) in [7, 11) is 1.42. The molecule has 0 heterocycles. The van der Waals surface area contributed by atoms with Gasteiger partial charge in [0, 0.05) is 6.08 Å². The molecule has 0 aliphatic heterocycles. The second-order valence-corrected chi connectivity index (χ2v) is 3.98. The number of rotatable bonds is 2. The normalized spacial score (nSPS) is 20.0. The lowest BCUT2D eigenvalue weighted by Crippen LogP contribution is -2.29. The molecule has 0 saturated heterocycles. The molecule has 4 nitrogen and oxygen atoms in total. The van der Waals surface area contributed by atoms with Gasteiger partial charge in [-0.3, -0.25) is 9.59 Å². The second-order valence-electron chi connectivity index (χ2n) is 3.98. The van der Waals surface area contributed by atoms with Gasteiger partial charge >= 0.3 is 0 Å². The minimum Gasteiger partial charge on any atom is -0.510 e. The van der Waals surface area contributed by atoms with Gasteiger partial charge in [0.15, 0.2) is 11.6 Å². The molecule has 15 heavy (non-hydrogen) atoms. The molecule has 4 heteroatoms. The van der Waals surface area contributed by atoms with E-state index in [2.05, 4.69) is 0 Å². The molecule has 1 N–H and O–H groups in total. The van der Waals surface area contributed by atoms with Gasteiger partial charge in [0.1, 0.15) is 17.1 Å². The first kappa shape index (κ1) is 11.5. The van der Waals surface area contributed by atoms with Crippen molar-refractivity contribution in [1.29, 1.82) is 0 Å². The van der Waals surface area contributed by atoms with Crippen molar-refractivity contribution in [3.8, 4) is 0 Å². The lowest BCUT2D eigenvalue weighted by atomic mass is 9.79. The van der Waals surface area contributed by atoms with E-state index in [9.17, 15) is 14.7 Å². The Kier molecular flexibility index (Phi) is 2.71. The van der Waals surface area contributed by atoms with Crippen LogP contribution in [-0.2, 0) is 14.3 Å². The number of hydrogen-bond donors (Lipinski definition) is 1. The van der Waals surface area contributed by atoms with Gasteiger partial charge < -0.3 is 9.84 Å². The zero-order chi connectivity index (χ0) is 11.8. The van der Waals surface area contributed by atoms with E-state index in [1.165, 1.54) is 20.1 Å². The summed E-state index contributed by atoms with van der Waals surface area (Å²) < 4.78 is 5.01. The maximum absolute atomic E-state index is 11.5. The number of hydrogen-bond acceptors (Lipinski definition) is 4. The Bertz CT molecular complexity index is 385. The lowest BCUT2D eigenvalue weighted by Gasteiger charge is -2.30. The largest absolute Gasteiger partial charge is 0.510 e. The molecule has 1 rings (SSSR count). The van der Waals surface area contributed by atoms with Crippen molar-refractivity contribution in [3.63, 3.8) is 0 Å². The van der Waals surface area contributed by atoms with Gasteiger partial charge in [0.2, 0.25) is 0 Å². The van der Waals surface area contributed by atoms with E-state index in [0.717, 1.165) is 0 Å². The maximum Gasteiger partial charge on any atom is 0.196 e. The fourth-order valence-corrected chi connectivity index (χ4v) is 1.57. The first-order valence-electron chi connectivity index (χ1n) is 4.57. The van der Waals surface area contributed by atoms with Crippen LogP contribution in [0, 0.1) is 5.41 Å². The van der Waals surface area contributed by atoms with Crippen LogP contribution in [0.15, 0.2) is 23.2 Å².